The number of cyclic esters (lactones) is 1. The molecule has 5 aromatic carbocycles. The largest absolute Gasteiger partial charge is 0.485 e. The highest BCUT2D eigenvalue weighted by Crippen LogP contribution is 2.48. The summed E-state index contributed by atoms with van der Waals surface area (Å²) in [4.78, 5) is 12.6. The Hall–Kier alpha value is -4.97. The number of rotatable bonds is 7. The van der Waals surface area contributed by atoms with E-state index < -0.39 is 0 Å². The van der Waals surface area contributed by atoms with Gasteiger partial charge in [0.05, 0.1) is 5.56 Å². The van der Waals surface area contributed by atoms with Gasteiger partial charge in [0, 0.05) is 16.5 Å². The standard InChI is InChI=1S/C33H24O6/c34-33-25-15-23-12-14-28-32(39-20-38-28)31(23)30(26(25)19-37-33)24-11-13-27(35-17-21-7-3-1-4-8-21)29(16-24)36-18-22-9-5-2-6-10-22/h1-16H,17-20H2. The maximum atomic E-state index is 12.6. The average molecular weight is 517 g/mol. The highest BCUT2D eigenvalue weighted by Gasteiger charge is 2.30. The Morgan fingerprint density at radius 1 is 0.692 bits per heavy atom. The summed E-state index contributed by atoms with van der Waals surface area (Å²) in [6, 6.07) is 31.6. The van der Waals surface area contributed by atoms with Gasteiger partial charge in [0.2, 0.25) is 6.79 Å². The number of hydrogen-bond acceptors (Lipinski definition) is 6. The van der Waals surface area contributed by atoms with Crippen LogP contribution in [0.25, 0.3) is 21.9 Å². The van der Waals surface area contributed by atoms with Crippen molar-refractivity contribution in [2.45, 2.75) is 19.8 Å². The van der Waals surface area contributed by atoms with Gasteiger partial charge in [-0.1, -0.05) is 72.8 Å². The van der Waals surface area contributed by atoms with E-state index in [2.05, 4.69) is 0 Å². The zero-order valence-corrected chi connectivity index (χ0v) is 21.0. The molecule has 2 heterocycles. The first-order valence-corrected chi connectivity index (χ1v) is 12.8. The summed E-state index contributed by atoms with van der Waals surface area (Å²) in [6.07, 6.45) is 0. The molecule has 0 fully saturated rings. The van der Waals surface area contributed by atoms with Crippen molar-refractivity contribution in [3.8, 4) is 34.1 Å². The number of fused-ring (bicyclic) bond motifs is 4. The number of esters is 1. The van der Waals surface area contributed by atoms with Crippen LogP contribution in [0.4, 0.5) is 0 Å². The highest BCUT2D eigenvalue weighted by molar-refractivity contribution is 6.10. The Bertz CT molecular complexity index is 1700. The molecule has 0 saturated heterocycles. The SMILES string of the molecule is O=C1OCc2c1cc1ccc3c(c1c2-c1ccc(OCc2ccccc2)c(OCc2ccccc2)c1)OCO3. The van der Waals surface area contributed by atoms with E-state index >= 15 is 0 Å². The highest BCUT2D eigenvalue weighted by atomic mass is 16.7. The van der Waals surface area contributed by atoms with Crippen molar-refractivity contribution in [1.82, 2.24) is 0 Å². The van der Waals surface area contributed by atoms with E-state index in [1.807, 2.05) is 97.1 Å². The summed E-state index contributed by atoms with van der Waals surface area (Å²) >= 11 is 0. The lowest BCUT2D eigenvalue weighted by Gasteiger charge is -2.17. The average Bonchev–Trinajstić information content (AvgIpc) is 3.62. The molecule has 0 amide bonds. The minimum absolute atomic E-state index is 0.151. The summed E-state index contributed by atoms with van der Waals surface area (Å²) < 4.78 is 29.6. The predicted octanol–water partition coefficient (Wildman–Crippen LogP) is 7.06. The molecule has 192 valence electrons. The van der Waals surface area contributed by atoms with Crippen molar-refractivity contribution in [2.24, 2.45) is 0 Å². The van der Waals surface area contributed by atoms with Crippen molar-refractivity contribution in [1.29, 1.82) is 0 Å². The first kappa shape index (κ1) is 23.2. The molecule has 0 N–H and O–H groups in total. The van der Waals surface area contributed by atoms with Gasteiger partial charge >= 0.3 is 5.97 Å². The molecular formula is C33H24O6. The van der Waals surface area contributed by atoms with Crippen LogP contribution < -0.4 is 18.9 Å². The predicted molar refractivity (Wildman–Crippen MR) is 146 cm³/mol. The van der Waals surface area contributed by atoms with E-state index in [0.29, 0.717) is 41.8 Å². The quantitative estimate of drug-likeness (QED) is 0.216. The zero-order valence-electron chi connectivity index (χ0n) is 21.0. The number of ether oxygens (including phenoxy) is 5. The van der Waals surface area contributed by atoms with E-state index in [-0.39, 0.29) is 19.4 Å². The molecule has 5 aromatic rings. The fourth-order valence-electron chi connectivity index (χ4n) is 5.13. The van der Waals surface area contributed by atoms with Gasteiger partial charge in [-0.15, -0.1) is 0 Å². The minimum Gasteiger partial charge on any atom is -0.485 e. The van der Waals surface area contributed by atoms with Crippen molar-refractivity contribution in [3.05, 3.63) is 119 Å². The lowest BCUT2D eigenvalue weighted by atomic mass is 9.90. The lowest BCUT2D eigenvalue weighted by molar-refractivity contribution is 0.0535. The molecular weight excluding hydrogens is 492 g/mol. The maximum absolute atomic E-state index is 12.6. The van der Waals surface area contributed by atoms with E-state index in [1.165, 1.54) is 0 Å². The van der Waals surface area contributed by atoms with E-state index in [4.69, 9.17) is 23.7 Å². The van der Waals surface area contributed by atoms with E-state index in [9.17, 15) is 4.79 Å². The van der Waals surface area contributed by atoms with Crippen LogP contribution in [0.1, 0.15) is 27.0 Å². The number of carbonyl (C=O) groups is 1. The van der Waals surface area contributed by atoms with Crippen molar-refractivity contribution >= 4 is 16.7 Å². The molecule has 6 heteroatoms. The Kier molecular flexibility index (Phi) is 5.78. The van der Waals surface area contributed by atoms with Gasteiger partial charge in [-0.3, -0.25) is 0 Å². The Labute approximate surface area is 225 Å². The molecule has 2 aliphatic rings. The van der Waals surface area contributed by atoms with Crippen LogP contribution in [0, 0.1) is 0 Å². The number of hydrogen-bond donors (Lipinski definition) is 0. The molecule has 0 bridgehead atoms. The van der Waals surface area contributed by atoms with Gasteiger partial charge in [0.25, 0.3) is 0 Å². The maximum Gasteiger partial charge on any atom is 0.338 e. The smallest absolute Gasteiger partial charge is 0.338 e. The van der Waals surface area contributed by atoms with Crippen LogP contribution in [0.2, 0.25) is 0 Å². The summed E-state index contributed by atoms with van der Waals surface area (Å²) in [5, 5.41) is 1.76. The van der Waals surface area contributed by atoms with Crippen LogP contribution in [-0.4, -0.2) is 12.8 Å². The van der Waals surface area contributed by atoms with Gasteiger partial charge in [0.1, 0.15) is 19.8 Å². The number of carbonyl (C=O) groups excluding carboxylic acids is 1. The van der Waals surface area contributed by atoms with E-state index in [1.54, 1.807) is 0 Å². The van der Waals surface area contributed by atoms with Gasteiger partial charge in [-0.25, -0.2) is 4.79 Å². The lowest BCUT2D eigenvalue weighted by Crippen LogP contribution is -2.01. The van der Waals surface area contributed by atoms with E-state index in [0.717, 1.165) is 38.6 Å². The van der Waals surface area contributed by atoms with Gasteiger partial charge < -0.3 is 23.7 Å². The molecule has 6 nitrogen and oxygen atoms in total. The zero-order chi connectivity index (χ0) is 26.2. The van der Waals surface area contributed by atoms with Crippen LogP contribution in [0.3, 0.4) is 0 Å². The van der Waals surface area contributed by atoms with Gasteiger partial charge in [0.15, 0.2) is 23.0 Å². The summed E-state index contributed by atoms with van der Waals surface area (Å²) in [5.74, 6) is 2.26. The summed E-state index contributed by atoms with van der Waals surface area (Å²) in [6.45, 7) is 1.13. The molecule has 0 aromatic heterocycles. The third-order valence-corrected chi connectivity index (χ3v) is 7.02. The van der Waals surface area contributed by atoms with Crippen LogP contribution >= 0.6 is 0 Å². The molecule has 7 rings (SSSR count). The molecule has 0 radical (unpaired) electrons. The van der Waals surface area contributed by atoms with Crippen LogP contribution in [0.5, 0.6) is 23.0 Å². The van der Waals surface area contributed by atoms with Gasteiger partial charge in [-0.05, 0) is 46.3 Å². The monoisotopic (exact) mass is 516 g/mol. The fraction of sp³-hybridized carbons (Fsp3) is 0.121. The second-order valence-corrected chi connectivity index (χ2v) is 9.46. The molecule has 0 unspecified atom stereocenters. The molecule has 2 aliphatic heterocycles. The summed E-state index contributed by atoms with van der Waals surface area (Å²) in [5.41, 5.74) is 5.23. The van der Waals surface area contributed by atoms with Crippen LogP contribution in [0.15, 0.2) is 97.1 Å². The topological polar surface area (TPSA) is 63.2 Å². The fourth-order valence-corrected chi connectivity index (χ4v) is 5.13. The molecule has 39 heavy (non-hydrogen) atoms. The first-order valence-electron chi connectivity index (χ1n) is 12.8. The van der Waals surface area contributed by atoms with Crippen molar-refractivity contribution < 1.29 is 28.5 Å². The molecule has 0 spiro atoms. The van der Waals surface area contributed by atoms with Gasteiger partial charge in [-0.2, -0.15) is 0 Å². The Balaban J connectivity index is 1.35. The third-order valence-electron chi connectivity index (χ3n) is 7.02. The number of benzene rings is 5. The molecule has 0 atom stereocenters. The minimum atomic E-state index is -0.325. The third kappa shape index (κ3) is 4.30. The Morgan fingerprint density at radius 2 is 1.41 bits per heavy atom. The first-order chi connectivity index (χ1) is 19.2. The van der Waals surface area contributed by atoms with Crippen LogP contribution in [-0.2, 0) is 24.6 Å². The second kappa shape index (κ2) is 9.72. The normalized spacial score (nSPS) is 13.3. The van der Waals surface area contributed by atoms with Crippen molar-refractivity contribution in [3.63, 3.8) is 0 Å². The molecule has 0 saturated carbocycles. The Morgan fingerprint density at radius 3 is 2.15 bits per heavy atom. The summed E-state index contributed by atoms with van der Waals surface area (Å²) in [7, 11) is 0. The molecule has 0 aliphatic carbocycles. The second-order valence-electron chi connectivity index (χ2n) is 9.46. The van der Waals surface area contributed by atoms with Crippen molar-refractivity contribution in [2.75, 3.05) is 6.79 Å².